The number of nitrogens with two attached hydrogens (primary N) is 1. The SMILES string of the molecule is C=CCCCN(C)C(=O)[C@H](N)Cc1c[nH]c2ccccc12. The molecule has 1 aromatic heterocycles. The topological polar surface area (TPSA) is 62.1 Å². The lowest BCUT2D eigenvalue weighted by molar-refractivity contribution is -0.131. The van der Waals surface area contributed by atoms with Crippen molar-refractivity contribution in [3.8, 4) is 0 Å². The van der Waals surface area contributed by atoms with Gasteiger partial charge in [0, 0.05) is 30.7 Å². The lowest BCUT2D eigenvalue weighted by atomic mass is 10.0. The number of allylic oxidation sites excluding steroid dienone is 1. The van der Waals surface area contributed by atoms with Crippen LogP contribution in [0.2, 0.25) is 0 Å². The number of hydrogen-bond donors (Lipinski definition) is 2. The smallest absolute Gasteiger partial charge is 0.239 e. The van der Waals surface area contributed by atoms with E-state index in [2.05, 4.69) is 11.6 Å². The van der Waals surface area contributed by atoms with E-state index >= 15 is 0 Å². The number of likely N-dealkylation sites (N-methyl/N-ethyl adjacent to an activating group) is 1. The van der Waals surface area contributed by atoms with Gasteiger partial charge >= 0.3 is 0 Å². The second-order valence-corrected chi connectivity index (χ2v) is 5.36. The molecular weight excluding hydrogens is 262 g/mol. The maximum absolute atomic E-state index is 12.3. The van der Waals surface area contributed by atoms with Gasteiger partial charge in [-0.3, -0.25) is 4.79 Å². The van der Waals surface area contributed by atoms with Crippen LogP contribution in [0.5, 0.6) is 0 Å². The van der Waals surface area contributed by atoms with Gasteiger partial charge in [0.15, 0.2) is 0 Å². The third-order valence-electron chi connectivity index (χ3n) is 3.71. The first-order chi connectivity index (χ1) is 10.1. The van der Waals surface area contributed by atoms with Gasteiger partial charge in [0.05, 0.1) is 6.04 Å². The summed E-state index contributed by atoms with van der Waals surface area (Å²) >= 11 is 0. The quantitative estimate of drug-likeness (QED) is 0.606. The number of unbranched alkanes of at least 4 members (excludes halogenated alkanes) is 1. The Hall–Kier alpha value is -2.07. The molecule has 0 aliphatic rings. The van der Waals surface area contributed by atoms with E-state index in [4.69, 9.17) is 5.73 Å². The van der Waals surface area contributed by atoms with Crippen LogP contribution in [0.4, 0.5) is 0 Å². The minimum atomic E-state index is -0.502. The van der Waals surface area contributed by atoms with Crippen LogP contribution in [-0.2, 0) is 11.2 Å². The minimum absolute atomic E-state index is 0.00987. The summed E-state index contributed by atoms with van der Waals surface area (Å²) in [6.07, 6.45) is 6.19. The number of benzene rings is 1. The highest BCUT2D eigenvalue weighted by atomic mass is 16.2. The number of hydrogen-bond acceptors (Lipinski definition) is 2. The van der Waals surface area contributed by atoms with Crippen molar-refractivity contribution in [2.45, 2.75) is 25.3 Å². The van der Waals surface area contributed by atoms with Crippen molar-refractivity contribution in [3.63, 3.8) is 0 Å². The molecule has 1 heterocycles. The standard InChI is InChI=1S/C17H23N3O/c1-3-4-7-10-20(2)17(21)15(18)11-13-12-19-16-9-6-5-8-14(13)16/h3,5-6,8-9,12,15,19H,1,4,7,10-11,18H2,2H3/t15-/m1/s1. The number of amides is 1. The van der Waals surface area contributed by atoms with Crippen LogP contribution in [0, 0.1) is 0 Å². The summed E-state index contributed by atoms with van der Waals surface area (Å²) in [6, 6.07) is 7.55. The zero-order valence-corrected chi connectivity index (χ0v) is 12.5. The lowest BCUT2D eigenvalue weighted by Gasteiger charge is -2.21. The molecule has 1 atom stereocenters. The van der Waals surface area contributed by atoms with Crippen LogP contribution in [0.3, 0.4) is 0 Å². The van der Waals surface area contributed by atoms with E-state index in [1.807, 2.05) is 36.5 Å². The maximum Gasteiger partial charge on any atom is 0.239 e. The lowest BCUT2D eigenvalue weighted by Crippen LogP contribution is -2.43. The zero-order valence-electron chi connectivity index (χ0n) is 12.5. The number of carbonyl (C=O) groups is 1. The van der Waals surface area contributed by atoms with Gasteiger partial charge in [-0.2, -0.15) is 0 Å². The molecule has 3 N–H and O–H groups in total. The number of H-pyrrole nitrogens is 1. The van der Waals surface area contributed by atoms with Gasteiger partial charge in [-0.1, -0.05) is 24.3 Å². The van der Waals surface area contributed by atoms with E-state index in [0.717, 1.165) is 29.3 Å². The van der Waals surface area contributed by atoms with E-state index in [0.29, 0.717) is 13.0 Å². The van der Waals surface area contributed by atoms with Crippen molar-refractivity contribution in [3.05, 3.63) is 48.7 Å². The largest absolute Gasteiger partial charge is 0.361 e. The van der Waals surface area contributed by atoms with Crippen LogP contribution in [0.15, 0.2) is 43.1 Å². The second kappa shape index (κ2) is 7.09. The predicted octanol–water partition coefficient (Wildman–Crippen LogP) is 2.46. The molecule has 0 fully saturated rings. The fourth-order valence-corrected chi connectivity index (χ4v) is 2.49. The van der Waals surface area contributed by atoms with Gasteiger partial charge < -0.3 is 15.6 Å². The number of rotatable bonds is 7. The van der Waals surface area contributed by atoms with Crippen LogP contribution < -0.4 is 5.73 Å². The number of nitrogens with one attached hydrogen (secondary N) is 1. The maximum atomic E-state index is 12.3. The van der Waals surface area contributed by atoms with Crippen molar-refractivity contribution < 1.29 is 4.79 Å². The number of fused-ring (bicyclic) bond motifs is 1. The Labute approximate surface area is 125 Å². The second-order valence-electron chi connectivity index (χ2n) is 5.36. The van der Waals surface area contributed by atoms with Crippen molar-refractivity contribution in [1.82, 2.24) is 9.88 Å². The molecule has 0 unspecified atom stereocenters. The third-order valence-corrected chi connectivity index (χ3v) is 3.71. The van der Waals surface area contributed by atoms with Gasteiger partial charge in [-0.15, -0.1) is 6.58 Å². The van der Waals surface area contributed by atoms with Crippen molar-refractivity contribution in [1.29, 1.82) is 0 Å². The van der Waals surface area contributed by atoms with Crippen LogP contribution in [-0.4, -0.2) is 35.4 Å². The molecule has 0 aliphatic heterocycles. The van der Waals surface area contributed by atoms with Crippen molar-refractivity contribution in [2.75, 3.05) is 13.6 Å². The molecule has 1 amide bonds. The highest BCUT2D eigenvalue weighted by Gasteiger charge is 2.19. The van der Waals surface area contributed by atoms with Crippen molar-refractivity contribution >= 4 is 16.8 Å². The average Bonchev–Trinajstić information content (AvgIpc) is 2.90. The molecule has 112 valence electrons. The van der Waals surface area contributed by atoms with Gasteiger partial charge in [0.25, 0.3) is 0 Å². The van der Waals surface area contributed by atoms with Gasteiger partial charge in [0.2, 0.25) is 5.91 Å². The van der Waals surface area contributed by atoms with Crippen LogP contribution in [0.25, 0.3) is 10.9 Å². The van der Waals surface area contributed by atoms with E-state index in [9.17, 15) is 4.79 Å². The molecule has 0 spiro atoms. The third kappa shape index (κ3) is 3.73. The predicted molar refractivity (Wildman–Crippen MR) is 87.0 cm³/mol. The van der Waals surface area contributed by atoms with Gasteiger partial charge in [0.1, 0.15) is 0 Å². The Morgan fingerprint density at radius 2 is 2.24 bits per heavy atom. The molecule has 1 aromatic carbocycles. The summed E-state index contributed by atoms with van der Waals surface area (Å²) in [5.74, 6) is -0.00987. The molecule has 2 rings (SSSR count). The molecule has 4 nitrogen and oxygen atoms in total. The first kappa shape index (κ1) is 15.3. The number of carbonyl (C=O) groups excluding carboxylic acids is 1. The van der Waals surface area contributed by atoms with Crippen molar-refractivity contribution in [2.24, 2.45) is 5.73 Å². The molecule has 0 aliphatic carbocycles. The fraction of sp³-hybridized carbons (Fsp3) is 0.353. The highest BCUT2D eigenvalue weighted by Crippen LogP contribution is 2.19. The molecule has 0 saturated carbocycles. The van der Waals surface area contributed by atoms with Crippen LogP contribution >= 0.6 is 0 Å². The molecule has 0 bridgehead atoms. The first-order valence-electron chi connectivity index (χ1n) is 7.30. The summed E-state index contributed by atoms with van der Waals surface area (Å²) in [4.78, 5) is 17.2. The van der Waals surface area contributed by atoms with E-state index < -0.39 is 6.04 Å². The number of nitrogens with zero attached hydrogens (tertiary/aromatic N) is 1. The van der Waals surface area contributed by atoms with Gasteiger partial charge in [-0.05, 0) is 30.9 Å². The number of para-hydroxylation sites is 1. The van der Waals surface area contributed by atoms with E-state index in [1.54, 1.807) is 11.9 Å². The Balaban J connectivity index is 1.98. The summed E-state index contributed by atoms with van der Waals surface area (Å²) < 4.78 is 0. The Morgan fingerprint density at radius 1 is 1.48 bits per heavy atom. The molecule has 21 heavy (non-hydrogen) atoms. The summed E-state index contributed by atoms with van der Waals surface area (Å²) in [7, 11) is 1.81. The normalized spacial score (nSPS) is 12.3. The summed E-state index contributed by atoms with van der Waals surface area (Å²) in [5.41, 5.74) is 8.24. The fourth-order valence-electron chi connectivity index (χ4n) is 2.49. The summed E-state index contributed by atoms with van der Waals surface area (Å²) in [5, 5.41) is 1.13. The Bertz CT molecular complexity index is 617. The molecule has 2 aromatic rings. The number of aromatic amines is 1. The highest BCUT2D eigenvalue weighted by molar-refractivity contribution is 5.86. The average molecular weight is 285 g/mol. The van der Waals surface area contributed by atoms with Gasteiger partial charge in [-0.25, -0.2) is 0 Å². The molecular formula is C17H23N3O. The summed E-state index contributed by atoms with van der Waals surface area (Å²) in [6.45, 7) is 4.40. The number of aromatic nitrogens is 1. The zero-order chi connectivity index (χ0) is 15.2. The van der Waals surface area contributed by atoms with E-state index in [1.165, 1.54) is 0 Å². The Kier molecular flexibility index (Phi) is 5.17. The minimum Gasteiger partial charge on any atom is -0.361 e. The molecule has 0 saturated heterocycles. The van der Waals surface area contributed by atoms with E-state index in [-0.39, 0.29) is 5.91 Å². The Morgan fingerprint density at radius 3 is 3.00 bits per heavy atom. The van der Waals surface area contributed by atoms with Crippen LogP contribution in [0.1, 0.15) is 18.4 Å². The molecule has 4 heteroatoms. The molecule has 0 radical (unpaired) electrons. The first-order valence-corrected chi connectivity index (χ1v) is 7.30. The monoisotopic (exact) mass is 285 g/mol.